The average molecular weight is 253 g/mol. The topological polar surface area (TPSA) is 61.4 Å². The van der Waals surface area contributed by atoms with Gasteiger partial charge in [0.25, 0.3) is 0 Å². The van der Waals surface area contributed by atoms with E-state index in [2.05, 4.69) is 10.6 Å². The van der Waals surface area contributed by atoms with E-state index >= 15 is 0 Å². The van der Waals surface area contributed by atoms with E-state index in [1.54, 1.807) is 11.8 Å². The van der Waals surface area contributed by atoms with Crippen LogP contribution < -0.4 is 10.6 Å². The Labute approximate surface area is 108 Å². The average Bonchev–Trinajstić information content (AvgIpc) is 2.89. The molecule has 2 atom stereocenters. The van der Waals surface area contributed by atoms with Crippen molar-refractivity contribution in [3.05, 3.63) is 0 Å². The first-order chi connectivity index (χ1) is 8.66. The Kier molecular flexibility index (Phi) is 4.58. The SMILES string of the molecule is CC(=O)N1CCCC(C(=O)NCC2CCCN2)C1. The van der Waals surface area contributed by atoms with Gasteiger partial charge in [-0.1, -0.05) is 0 Å². The minimum Gasteiger partial charge on any atom is -0.354 e. The van der Waals surface area contributed by atoms with Gasteiger partial charge in [0.15, 0.2) is 0 Å². The van der Waals surface area contributed by atoms with E-state index in [-0.39, 0.29) is 17.7 Å². The van der Waals surface area contributed by atoms with Crippen molar-refractivity contribution in [3.8, 4) is 0 Å². The van der Waals surface area contributed by atoms with E-state index in [0.717, 1.165) is 38.9 Å². The maximum atomic E-state index is 12.0. The second-order valence-corrected chi connectivity index (χ2v) is 5.34. The third kappa shape index (κ3) is 3.45. The lowest BCUT2D eigenvalue weighted by molar-refractivity contribution is -0.133. The largest absolute Gasteiger partial charge is 0.354 e. The van der Waals surface area contributed by atoms with Gasteiger partial charge >= 0.3 is 0 Å². The zero-order chi connectivity index (χ0) is 13.0. The summed E-state index contributed by atoms with van der Waals surface area (Å²) in [7, 11) is 0. The highest BCUT2D eigenvalue weighted by Crippen LogP contribution is 2.16. The zero-order valence-electron chi connectivity index (χ0n) is 11.1. The molecule has 0 aliphatic carbocycles. The molecule has 5 nitrogen and oxygen atoms in total. The molecule has 2 heterocycles. The van der Waals surface area contributed by atoms with Crippen LogP contribution in [-0.4, -0.2) is 48.9 Å². The van der Waals surface area contributed by atoms with Crippen molar-refractivity contribution in [2.75, 3.05) is 26.2 Å². The summed E-state index contributed by atoms with van der Waals surface area (Å²) in [6.07, 6.45) is 4.17. The maximum Gasteiger partial charge on any atom is 0.224 e. The van der Waals surface area contributed by atoms with Gasteiger partial charge in [0, 0.05) is 32.6 Å². The Bertz CT molecular complexity index is 313. The van der Waals surface area contributed by atoms with Gasteiger partial charge in [0.2, 0.25) is 11.8 Å². The van der Waals surface area contributed by atoms with Crippen LogP contribution in [0.4, 0.5) is 0 Å². The van der Waals surface area contributed by atoms with Gasteiger partial charge in [0.1, 0.15) is 0 Å². The van der Waals surface area contributed by atoms with Crippen LogP contribution in [0.3, 0.4) is 0 Å². The fourth-order valence-corrected chi connectivity index (χ4v) is 2.78. The molecule has 0 aromatic heterocycles. The minimum absolute atomic E-state index is 0.0240. The molecule has 5 heteroatoms. The smallest absolute Gasteiger partial charge is 0.224 e. The van der Waals surface area contributed by atoms with Crippen LogP contribution >= 0.6 is 0 Å². The first kappa shape index (κ1) is 13.3. The predicted octanol–water partition coefficient (Wildman–Crippen LogP) is 0.113. The fourth-order valence-electron chi connectivity index (χ4n) is 2.78. The van der Waals surface area contributed by atoms with Gasteiger partial charge < -0.3 is 15.5 Å². The number of hydrogen-bond acceptors (Lipinski definition) is 3. The first-order valence-electron chi connectivity index (χ1n) is 6.93. The van der Waals surface area contributed by atoms with Gasteiger partial charge in [-0.25, -0.2) is 0 Å². The molecular formula is C13H23N3O2. The van der Waals surface area contributed by atoms with Crippen LogP contribution in [-0.2, 0) is 9.59 Å². The Balaban J connectivity index is 1.75. The molecule has 2 saturated heterocycles. The molecule has 0 bridgehead atoms. The Hall–Kier alpha value is -1.10. The summed E-state index contributed by atoms with van der Waals surface area (Å²) in [5.41, 5.74) is 0. The van der Waals surface area contributed by atoms with Gasteiger partial charge in [-0.2, -0.15) is 0 Å². The number of nitrogens with zero attached hydrogens (tertiary/aromatic N) is 1. The number of likely N-dealkylation sites (tertiary alicyclic amines) is 1. The van der Waals surface area contributed by atoms with Gasteiger partial charge in [-0.05, 0) is 32.2 Å². The summed E-state index contributed by atoms with van der Waals surface area (Å²) in [6, 6.07) is 0.432. The summed E-state index contributed by atoms with van der Waals surface area (Å²) in [5, 5.41) is 6.38. The zero-order valence-corrected chi connectivity index (χ0v) is 11.1. The quantitative estimate of drug-likeness (QED) is 0.750. The van der Waals surface area contributed by atoms with E-state index < -0.39 is 0 Å². The summed E-state index contributed by atoms with van der Waals surface area (Å²) in [6.45, 7) is 4.72. The van der Waals surface area contributed by atoms with Crippen LogP contribution in [0, 0.1) is 5.92 Å². The lowest BCUT2D eigenvalue weighted by Gasteiger charge is -2.31. The highest BCUT2D eigenvalue weighted by Gasteiger charge is 2.27. The molecule has 0 radical (unpaired) electrons. The molecule has 2 fully saturated rings. The molecule has 0 aromatic carbocycles. The molecule has 0 aromatic rings. The van der Waals surface area contributed by atoms with Crippen molar-refractivity contribution in [2.45, 2.75) is 38.6 Å². The maximum absolute atomic E-state index is 12.0. The van der Waals surface area contributed by atoms with Crippen molar-refractivity contribution in [1.29, 1.82) is 0 Å². The third-order valence-corrected chi connectivity index (χ3v) is 3.92. The number of piperidine rings is 1. The van der Waals surface area contributed by atoms with E-state index in [9.17, 15) is 9.59 Å². The van der Waals surface area contributed by atoms with Crippen molar-refractivity contribution >= 4 is 11.8 Å². The first-order valence-corrected chi connectivity index (χ1v) is 6.93. The lowest BCUT2D eigenvalue weighted by Crippen LogP contribution is -2.46. The molecule has 102 valence electrons. The van der Waals surface area contributed by atoms with Crippen LogP contribution in [0.1, 0.15) is 32.6 Å². The number of carbonyl (C=O) groups excluding carboxylic acids is 2. The summed E-state index contributed by atoms with van der Waals surface area (Å²) >= 11 is 0. The minimum atomic E-state index is -0.0240. The second kappa shape index (κ2) is 6.18. The standard InChI is InChI=1S/C13H23N3O2/c1-10(17)16-7-3-4-11(9-16)13(18)15-8-12-5-2-6-14-12/h11-12,14H,2-9H2,1H3,(H,15,18). The number of hydrogen-bond donors (Lipinski definition) is 2. The lowest BCUT2D eigenvalue weighted by atomic mass is 9.97. The van der Waals surface area contributed by atoms with Gasteiger partial charge in [-0.15, -0.1) is 0 Å². The molecular weight excluding hydrogens is 230 g/mol. The second-order valence-electron chi connectivity index (χ2n) is 5.34. The Morgan fingerprint density at radius 2 is 2.17 bits per heavy atom. The molecule has 2 aliphatic rings. The van der Waals surface area contributed by atoms with Crippen molar-refractivity contribution in [2.24, 2.45) is 5.92 Å². The highest BCUT2D eigenvalue weighted by molar-refractivity contribution is 5.80. The molecule has 2 rings (SSSR count). The van der Waals surface area contributed by atoms with Crippen LogP contribution in [0.15, 0.2) is 0 Å². The molecule has 2 N–H and O–H groups in total. The molecule has 0 spiro atoms. The highest BCUT2D eigenvalue weighted by atomic mass is 16.2. The Morgan fingerprint density at radius 3 is 2.83 bits per heavy atom. The van der Waals surface area contributed by atoms with Crippen molar-refractivity contribution in [3.63, 3.8) is 0 Å². The van der Waals surface area contributed by atoms with E-state index in [1.165, 1.54) is 6.42 Å². The van der Waals surface area contributed by atoms with Crippen molar-refractivity contribution < 1.29 is 9.59 Å². The molecule has 0 saturated carbocycles. The van der Waals surface area contributed by atoms with Crippen LogP contribution in [0.2, 0.25) is 0 Å². The summed E-state index contributed by atoms with van der Waals surface area (Å²) in [4.78, 5) is 25.1. The van der Waals surface area contributed by atoms with E-state index in [1.807, 2.05) is 0 Å². The summed E-state index contributed by atoms with van der Waals surface area (Å²) in [5.74, 6) is 0.156. The van der Waals surface area contributed by atoms with Gasteiger partial charge in [-0.3, -0.25) is 9.59 Å². The number of carbonyl (C=O) groups is 2. The molecule has 2 unspecified atom stereocenters. The number of amides is 2. The molecule has 2 amide bonds. The number of nitrogens with one attached hydrogen (secondary N) is 2. The van der Waals surface area contributed by atoms with E-state index in [0.29, 0.717) is 12.6 Å². The normalized spacial score (nSPS) is 28.2. The molecule has 2 aliphatic heterocycles. The predicted molar refractivity (Wildman–Crippen MR) is 69.0 cm³/mol. The fraction of sp³-hybridized carbons (Fsp3) is 0.846. The number of rotatable bonds is 3. The van der Waals surface area contributed by atoms with E-state index in [4.69, 9.17) is 0 Å². The molecule has 18 heavy (non-hydrogen) atoms. The van der Waals surface area contributed by atoms with Crippen molar-refractivity contribution in [1.82, 2.24) is 15.5 Å². The van der Waals surface area contributed by atoms with Crippen LogP contribution in [0.25, 0.3) is 0 Å². The Morgan fingerprint density at radius 1 is 1.33 bits per heavy atom. The summed E-state index contributed by atoms with van der Waals surface area (Å²) < 4.78 is 0. The third-order valence-electron chi connectivity index (χ3n) is 3.92. The van der Waals surface area contributed by atoms with Crippen LogP contribution in [0.5, 0.6) is 0 Å². The monoisotopic (exact) mass is 253 g/mol. The van der Waals surface area contributed by atoms with Gasteiger partial charge in [0.05, 0.1) is 5.92 Å².